The lowest BCUT2D eigenvalue weighted by Crippen LogP contribution is -2.03. The van der Waals surface area contributed by atoms with Crippen molar-refractivity contribution in [2.45, 2.75) is 6.54 Å². The van der Waals surface area contributed by atoms with Crippen LogP contribution in [0.3, 0.4) is 0 Å². The molecule has 0 saturated heterocycles. The number of anilines is 1. The lowest BCUT2D eigenvalue weighted by atomic mass is 10.2. The van der Waals surface area contributed by atoms with Crippen molar-refractivity contribution in [2.75, 3.05) is 11.9 Å². The number of hydrogen-bond donors (Lipinski definition) is 1. The quantitative estimate of drug-likeness (QED) is 0.782. The van der Waals surface area contributed by atoms with Crippen LogP contribution in [0.4, 0.5) is 10.1 Å². The maximum absolute atomic E-state index is 13.2. The first kappa shape index (κ1) is 14.4. The molecule has 104 valence electrons. The zero-order valence-electron chi connectivity index (χ0n) is 10.9. The van der Waals surface area contributed by atoms with Crippen LogP contribution in [0.2, 0.25) is 5.02 Å². The Bertz CT molecular complexity index is 581. The number of hydrogen-bond acceptors (Lipinski definition) is 2. The fourth-order valence-corrected chi connectivity index (χ4v) is 2.01. The molecule has 2 rings (SSSR count). The molecular weight excluding hydrogens is 277 g/mol. The minimum absolute atomic E-state index is 0.365. The van der Waals surface area contributed by atoms with Crippen LogP contribution in [0.5, 0.6) is 5.75 Å². The molecule has 0 saturated carbocycles. The van der Waals surface area contributed by atoms with E-state index in [1.165, 1.54) is 12.1 Å². The van der Waals surface area contributed by atoms with Gasteiger partial charge in [-0.05, 0) is 24.3 Å². The molecule has 0 aliphatic carbocycles. The number of benzene rings is 2. The molecule has 0 aliphatic heterocycles. The van der Waals surface area contributed by atoms with E-state index in [9.17, 15) is 4.39 Å². The summed E-state index contributed by atoms with van der Waals surface area (Å²) in [6, 6.07) is 12.0. The summed E-state index contributed by atoms with van der Waals surface area (Å²) in [5.74, 6) is 0.415. The molecule has 0 fully saturated rings. The molecule has 20 heavy (non-hydrogen) atoms. The van der Waals surface area contributed by atoms with Crippen LogP contribution in [0.25, 0.3) is 0 Å². The standard InChI is InChI=1S/C16H15ClFNO/c1-2-7-20-16-6-4-3-5-12(16)11-19-15-9-13(17)8-14(18)10-15/h2-6,8-10,19H,1,7,11H2. The Morgan fingerprint density at radius 3 is 2.80 bits per heavy atom. The van der Waals surface area contributed by atoms with Gasteiger partial charge in [-0.25, -0.2) is 4.39 Å². The Kier molecular flexibility index (Phi) is 5.02. The second-order valence-corrected chi connectivity index (χ2v) is 4.66. The Hall–Kier alpha value is -2.00. The van der Waals surface area contributed by atoms with Gasteiger partial charge in [0.05, 0.1) is 0 Å². The maximum Gasteiger partial charge on any atom is 0.126 e. The predicted molar refractivity (Wildman–Crippen MR) is 80.9 cm³/mol. The largest absolute Gasteiger partial charge is 0.489 e. The molecule has 4 heteroatoms. The van der Waals surface area contributed by atoms with Gasteiger partial charge in [-0.2, -0.15) is 0 Å². The van der Waals surface area contributed by atoms with Crippen LogP contribution in [0.1, 0.15) is 5.56 Å². The van der Waals surface area contributed by atoms with E-state index in [2.05, 4.69) is 11.9 Å². The number of para-hydroxylation sites is 1. The molecule has 1 N–H and O–H groups in total. The summed E-state index contributed by atoms with van der Waals surface area (Å²) >= 11 is 5.82. The van der Waals surface area contributed by atoms with Gasteiger partial charge in [-0.3, -0.25) is 0 Å². The molecule has 2 aromatic carbocycles. The lowest BCUT2D eigenvalue weighted by Gasteiger charge is -2.12. The van der Waals surface area contributed by atoms with Crippen LogP contribution in [-0.4, -0.2) is 6.61 Å². The van der Waals surface area contributed by atoms with Crippen LogP contribution in [-0.2, 0) is 6.54 Å². The third kappa shape index (κ3) is 4.00. The van der Waals surface area contributed by atoms with Gasteiger partial charge in [0.1, 0.15) is 18.2 Å². The van der Waals surface area contributed by atoms with Gasteiger partial charge in [0.25, 0.3) is 0 Å². The minimum Gasteiger partial charge on any atom is -0.489 e. The van der Waals surface area contributed by atoms with E-state index in [4.69, 9.17) is 16.3 Å². The van der Waals surface area contributed by atoms with Gasteiger partial charge >= 0.3 is 0 Å². The van der Waals surface area contributed by atoms with Gasteiger partial charge < -0.3 is 10.1 Å². The first-order valence-corrected chi connectivity index (χ1v) is 6.58. The van der Waals surface area contributed by atoms with Gasteiger partial charge in [0.2, 0.25) is 0 Å². The highest BCUT2D eigenvalue weighted by molar-refractivity contribution is 6.30. The maximum atomic E-state index is 13.2. The summed E-state index contributed by atoms with van der Waals surface area (Å²) in [5.41, 5.74) is 1.61. The van der Waals surface area contributed by atoms with Crippen LogP contribution in [0.15, 0.2) is 55.1 Å². The van der Waals surface area contributed by atoms with Crippen LogP contribution in [0, 0.1) is 5.82 Å². The average Bonchev–Trinajstić information content (AvgIpc) is 2.43. The molecule has 0 unspecified atom stereocenters. The molecule has 2 nitrogen and oxygen atoms in total. The summed E-state index contributed by atoms with van der Waals surface area (Å²) in [5, 5.41) is 3.49. The average molecular weight is 292 g/mol. The van der Waals surface area contributed by atoms with E-state index in [1.807, 2.05) is 24.3 Å². The number of rotatable bonds is 6. The molecule has 0 bridgehead atoms. The zero-order chi connectivity index (χ0) is 14.4. The molecule has 2 aromatic rings. The smallest absolute Gasteiger partial charge is 0.126 e. The molecule has 0 aromatic heterocycles. The molecular formula is C16H15ClFNO. The molecule has 0 aliphatic rings. The Morgan fingerprint density at radius 1 is 1.25 bits per heavy atom. The van der Waals surface area contributed by atoms with Gasteiger partial charge in [-0.1, -0.05) is 42.5 Å². The highest BCUT2D eigenvalue weighted by Gasteiger charge is 2.04. The molecule has 0 spiro atoms. The second-order valence-electron chi connectivity index (χ2n) is 4.22. The Labute approximate surface area is 122 Å². The van der Waals surface area contributed by atoms with E-state index in [0.717, 1.165) is 11.3 Å². The van der Waals surface area contributed by atoms with Crippen LogP contribution >= 0.6 is 11.6 Å². The van der Waals surface area contributed by atoms with Crippen molar-refractivity contribution >= 4 is 17.3 Å². The van der Waals surface area contributed by atoms with E-state index in [0.29, 0.717) is 23.9 Å². The number of halogens is 2. The van der Waals surface area contributed by atoms with E-state index < -0.39 is 0 Å². The Balaban J connectivity index is 2.08. The van der Waals surface area contributed by atoms with Crippen molar-refractivity contribution in [3.63, 3.8) is 0 Å². The van der Waals surface area contributed by atoms with Crippen molar-refractivity contribution in [3.8, 4) is 5.75 Å². The third-order valence-electron chi connectivity index (χ3n) is 2.67. The zero-order valence-corrected chi connectivity index (χ0v) is 11.7. The first-order chi connectivity index (χ1) is 9.69. The summed E-state index contributed by atoms with van der Waals surface area (Å²) in [6.07, 6.45) is 1.69. The van der Waals surface area contributed by atoms with Crippen molar-refractivity contribution in [1.29, 1.82) is 0 Å². The second kappa shape index (κ2) is 6.96. The predicted octanol–water partition coefficient (Wildman–Crippen LogP) is 4.66. The minimum atomic E-state index is -0.365. The van der Waals surface area contributed by atoms with E-state index in [-0.39, 0.29) is 5.82 Å². The van der Waals surface area contributed by atoms with Crippen LogP contribution < -0.4 is 10.1 Å². The van der Waals surface area contributed by atoms with Crippen molar-refractivity contribution in [1.82, 2.24) is 0 Å². The van der Waals surface area contributed by atoms with Crippen molar-refractivity contribution in [3.05, 3.63) is 71.5 Å². The topological polar surface area (TPSA) is 21.3 Å². The Morgan fingerprint density at radius 2 is 2.05 bits per heavy atom. The highest BCUT2D eigenvalue weighted by atomic mass is 35.5. The van der Waals surface area contributed by atoms with Crippen molar-refractivity contribution in [2.24, 2.45) is 0 Å². The van der Waals surface area contributed by atoms with Gasteiger partial charge in [-0.15, -0.1) is 0 Å². The monoisotopic (exact) mass is 291 g/mol. The molecule has 0 amide bonds. The van der Waals surface area contributed by atoms with Gasteiger partial charge in [0.15, 0.2) is 0 Å². The molecule has 0 heterocycles. The van der Waals surface area contributed by atoms with E-state index >= 15 is 0 Å². The lowest BCUT2D eigenvalue weighted by molar-refractivity contribution is 0.359. The molecule has 0 atom stereocenters. The first-order valence-electron chi connectivity index (χ1n) is 6.20. The normalized spacial score (nSPS) is 10.1. The van der Waals surface area contributed by atoms with Crippen molar-refractivity contribution < 1.29 is 9.13 Å². The third-order valence-corrected chi connectivity index (χ3v) is 2.89. The fourth-order valence-electron chi connectivity index (χ4n) is 1.79. The van der Waals surface area contributed by atoms with Gasteiger partial charge in [0, 0.05) is 22.8 Å². The summed E-state index contributed by atoms with van der Waals surface area (Å²) in [6.45, 7) is 4.59. The number of ether oxygens (including phenoxy) is 1. The SMILES string of the molecule is C=CCOc1ccccc1CNc1cc(F)cc(Cl)c1. The molecule has 0 radical (unpaired) electrons. The van der Waals surface area contributed by atoms with E-state index in [1.54, 1.807) is 12.1 Å². The highest BCUT2D eigenvalue weighted by Crippen LogP contribution is 2.22. The fraction of sp³-hybridized carbons (Fsp3) is 0.125. The number of nitrogens with one attached hydrogen (secondary N) is 1. The summed E-state index contributed by atoms with van der Waals surface area (Å²) in [7, 11) is 0. The summed E-state index contributed by atoms with van der Waals surface area (Å²) in [4.78, 5) is 0. The summed E-state index contributed by atoms with van der Waals surface area (Å²) < 4.78 is 18.8.